The summed E-state index contributed by atoms with van der Waals surface area (Å²) in [7, 11) is 0. The summed E-state index contributed by atoms with van der Waals surface area (Å²) in [5.41, 5.74) is 2.42. The molecule has 0 atom stereocenters. The van der Waals surface area contributed by atoms with Gasteiger partial charge in [-0.1, -0.05) is 6.07 Å². The fourth-order valence-corrected chi connectivity index (χ4v) is 4.14. The van der Waals surface area contributed by atoms with Crippen LogP contribution in [0.4, 0.5) is 17.3 Å². The Balaban J connectivity index is 1.34. The number of aryl methyl sites for hydroxylation is 1. The molecule has 1 saturated heterocycles. The molecule has 196 valence electrons. The average molecular weight is 514 g/mol. The Bertz CT molecular complexity index is 1460. The highest BCUT2D eigenvalue weighted by Gasteiger charge is 2.19. The number of carbonyl (C=O) groups excluding carboxylic acids is 1. The summed E-state index contributed by atoms with van der Waals surface area (Å²) in [5, 5.41) is 4.31. The second-order valence-electron chi connectivity index (χ2n) is 10.1. The SMILES string of the molecule is Cc1cc(Nc2ncnc3cnc(N4CCOCC4)cc23)ccc1Oc1cccc(C(=O)OC(C)(C)C)c1. The van der Waals surface area contributed by atoms with E-state index in [-0.39, 0.29) is 5.97 Å². The maximum atomic E-state index is 12.4. The van der Waals surface area contributed by atoms with E-state index in [9.17, 15) is 4.79 Å². The van der Waals surface area contributed by atoms with Gasteiger partial charge >= 0.3 is 5.97 Å². The van der Waals surface area contributed by atoms with Crippen molar-refractivity contribution < 1.29 is 19.0 Å². The van der Waals surface area contributed by atoms with Gasteiger partial charge in [0.1, 0.15) is 35.1 Å². The third-order valence-corrected chi connectivity index (χ3v) is 5.98. The van der Waals surface area contributed by atoms with Crippen molar-refractivity contribution in [2.45, 2.75) is 33.3 Å². The molecular weight excluding hydrogens is 482 g/mol. The van der Waals surface area contributed by atoms with Gasteiger partial charge in [0, 0.05) is 24.2 Å². The van der Waals surface area contributed by atoms with Crippen LogP contribution >= 0.6 is 0 Å². The van der Waals surface area contributed by atoms with Crippen molar-refractivity contribution in [2.75, 3.05) is 36.5 Å². The van der Waals surface area contributed by atoms with Crippen molar-refractivity contribution >= 4 is 34.2 Å². The third-order valence-electron chi connectivity index (χ3n) is 5.98. The van der Waals surface area contributed by atoms with E-state index in [1.807, 2.05) is 58.0 Å². The summed E-state index contributed by atoms with van der Waals surface area (Å²) in [6, 6.07) is 14.8. The fraction of sp³-hybridized carbons (Fsp3) is 0.310. The van der Waals surface area contributed by atoms with Crippen LogP contribution in [0.3, 0.4) is 0 Å². The van der Waals surface area contributed by atoms with Gasteiger partial charge in [0.2, 0.25) is 0 Å². The van der Waals surface area contributed by atoms with Crippen LogP contribution in [0.15, 0.2) is 61.1 Å². The highest BCUT2D eigenvalue weighted by Crippen LogP contribution is 2.31. The number of carbonyl (C=O) groups is 1. The number of nitrogens with one attached hydrogen (secondary N) is 1. The molecule has 9 heteroatoms. The summed E-state index contributed by atoms with van der Waals surface area (Å²) in [6.45, 7) is 10.5. The van der Waals surface area contributed by atoms with Crippen molar-refractivity contribution in [2.24, 2.45) is 0 Å². The Kier molecular flexibility index (Phi) is 7.11. The van der Waals surface area contributed by atoms with Crippen LogP contribution < -0.4 is 15.0 Å². The lowest BCUT2D eigenvalue weighted by atomic mass is 10.1. The second kappa shape index (κ2) is 10.6. The zero-order valence-corrected chi connectivity index (χ0v) is 22.0. The minimum Gasteiger partial charge on any atom is -0.457 e. The predicted molar refractivity (Wildman–Crippen MR) is 147 cm³/mol. The van der Waals surface area contributed by atoms with Crippen molar-refractivity contribution in [1.82, 2.24) is 15.0 Å². The van der Waals surface area contributed by atoms with E-state index in [1.165, 1.54) is 6.33 Å². The van der Waals surface area contributed by atoms with Gasteiger partial charge < -0.3 is 24.4 Å². The maximum Gasteiger partial charge on any atom is 0.338 e. The van der Waals surface area contributed by atoms with Crippen molar-refractivity contribution in [3.05, 3.63) is 72.2 Å². The number of esters is 1. The molecule has 0 spiro atoms. The van der Waals surface area contributed by atoms with Crippen LogP contribution in [0, 0.1) is 6.92 Å². The van der Waals surface area contributed by atoms with E-state index in [2.05, 4.69) is 25.2 Å². The number of fused-ring (bicyclic) bond motifs is 1. The van der Waals surface area contributed by atoms with Crippen molar-refractivity contribution in [3.8, 4) is 11.5 Å². The summed E-state index contributed by atoms with van der Waals surface area (Å²) < 4.78 is 17.0. The highest BCUT2D eigenvalue weighted by atomic mass is 16.6. The van der Waals surface area contributed by atoms with Gasteiger partial charge in [0.25, 0.3) is 0 Å². The Labute approximate surface area is 221 Å². The first-order chi connectivity index (χ1) is 18.2. The molecule has 1 fully saturated rings. The van der Waals surface area contributed by atoms with Crippen LogP contribution in [0.25, 0.3) is 10.9 Å². The predicted octanol–water partition coefficient (Wildman–Crippen LogP) is 5.66. The van der Waals surface area contributed by atoms with Gasteiger partial charge in [-0.05, 0) is 75.7 Å². The lowest BCUT2D eigenvalue weighted by Crippen LogP contribution is -2.36. The van der Waals surface area contributed by atoms with Gasteiger partial charge in [0.15, 0.2) is 0 Å². The van der Waals surface area contributed by atoms with Crippen LogP contribution in [-0.4, -0.2) is 52.8 Å². The number of nitrogens with zero attached hydrogens (tertiary/aromatic N) is 4. The third kappa shape index (κ3) is 6.00. The topological polar surface area (TPSA) is 98.7 Å². The van der Waals surface area contributed by atoms with Crippen molar-refractivity contribution in [1.29, 1.82) is 0 Å². The van der Waals surface area contributed by atoms with Crippen molar-refractivity contribution in [3.63, 3.8) is 0 Å². The quantitative estimate of drug-likeness (QED) is 0.327. The van der Waals surface area contributed by atoms with E-state index < -0.39 is 5.60 Å². The Morgan fingerprint density at radius 3 is 2.61 bits per heavy atom. The van der Waals surface area contributed by atoms with E-state index >= 15 is 0 Å². The van der Waals surface area contributed by atoms with Crippen LogP contribution in [0.1, 0.15) is 36.7 Å². The molecule has 38 heavy (non-hydrogen) atoms. The molecular formula is C29H31N5O4. The number of ether oxygens (including phenoxy) is 3. The number of rotatable bonds is 6. The summed E-state index contributed by atoms with van der Waals surface area (Å²) in [6.07, 6.45) is 3.31. The van der Waals surface area contributed by atoms with Gasteiger partial charge in [-0.25, -0.2) is 19.7 Å². The molecule has 5 rings (SSSR count). The lowest BCUT2D eigenvalue weighted by molar-refractivity contribution is 0.00692. The van der Waals surface area contributed by atoms with E-state index in [4.69, 9.17) is 14.2 Å². The zero-order valence-electron chi connectivity index (χ0n) is 22.0. The molecule has 1 N–H and O–H groups in total. The summed E-state index contributed by atoms with van der Waals surface area (Å²) in [5.74, 6) is 2.44. The fourth-order valence-electron chi connectivity index (χ4n) is 4.14. The summed E-state index contributed by atoms with van der Waals surface area (Å²) in [4.78, 5) is 28.1. The molecule has 0 unspecified atom stereocenters. The monoisotopic (exact) mass is 513 g/mol. The molecule has 3 heterocycles. The molecule has 0 saturated carbocycles. The number of pyridine rings is 1. The maximum absolute atomic E-state index is 12.4. The molecule has 0 amide bonds. The normalized spacial score (nSPS) is 13.8. The van der Waals surface area contributed by atoms with E-state index in [0.29, 0.717) is 36.1 Å². The highest BCUT2D eigenvalue weighted by molar-refractivity contribution is 5.92. The Morgan fingerprint density at radius 2 is 1.84 bits per heavy atom. The summed E-state index contributed by atoms with van der Waals surface area (Å²) >= 11 is 0. The van der Waals surface area contributed by atoms with Crippen LogP contribution in [0.2, 0.25) is 0 Å². The second-order valence-corrected chi connectivity index (χ2v) is 10.1. The first kappa shape index (κ1) is 25.4. The van der Waals surface area contributed by atoms with E-state index in [0.717, 1.165) is 41.1 Å². The lowest BCUT2D eigenvalue weighted by Gasteiger charge is -2.27. The zero-order chi connectivity index (χ0) is 26.7. The molecule has 0 aliphatic carbocycles. The van der Waals surface area contributed by atoms with Crippen LogP contribution in [0.5, 0.6) is 11.5 Å². The Hall–Kier alpha value is -4.24. The van der Waals surface area contributed by atoms with Gasteiger partial charge in [-0.2, -0.15) is 0 Å². The molecule has 0 radical (unpaired) electrons. The number of hydrogen-bond acceptors (Lipinski definition) is 9. The molecule has 0 bridgehead atoms. The molecule has 1 aliphatic heterocycles. The van der Waals surface area contributed by atoms with Gasteiger partial charge in [-0.15, -0.1) is 0 Å². The van der Waals surface area contributed by atoms with Crippen LogP contribution in [-0.2, 0) is 9.47 Å². The minimum atomic E-state index is -0.567. The van der Waals surface area contributed by atoms with Gasteiger partial charge in [-0.3, -0.25) is 0 Å². The van der Waals surface area contributed by atoms with Gasteiger partial charge in [0.05, 0.1) is 30.5 Å². The number of morpholine rings is 1. The standard InChI is InChI=1S/C29H31N5O4/c1-19-14-21(8-9-25(19)37-22-7-5-6-20(15-22)28(35)38-29(2,3)4)33-27-23-16-26(34-10-12-36-13-11-34)30-17-24(23)31-18-32-27/h5-9,14-18H,10-13H2,1-4H3,(H,31,32,33). The number of anilines is 3. The first-order valence-electron chi connectivity index (χ1n) is 12.6. The molecule has 2 aromatic carbocycles. The Morgan fingerprint density at radius 1 is 1.03 bits per heavy atom. The smallest absolute Gasteiger partial charge is 0.338 e. The molecule has 1 aliphatic rings. The first-order valence-corrected chi connectivity index (χ1v) is 12.6. The van der Waals surface area contributed by atoms with E-state index in [1.54, 1.807) is 24.4 Å². The average Bonchev–Trinajstić information content (AvgIpc) is 2.90. The molecule has 2 aromatic heterocycles. The largest absolute Gasteiger partial charge is 0.457 e. The number of hydrogen-bond donors (Lipinski definition) is 1. The molecule has 9 nitrogen and oxygen atoms in total. The number of aromatic nitrogens is 3. The molecule has 4 aromatic rings. The number of benzene rings is 2. The minimum absolute atomic E-state index is 0.386.